The van der Waals surface area contributed by atoms with Gasteiger partial charge in [-0.15, -0.1) is 0 Å². The van der Waals surface area contributed by atoms with Gasteiger partial charge in [-0.1, -0.05) is 19.8 Å². The molecule has 77 valence electrons. The molecule has 0 aromatic heterocycles. The van der Waals surface area contributed by atoms with Gasteiger partial charge in [0, 0.05) is 0 Å². The molecule has 13 heavy (non-hydrogen) atoms. The van der Waals surface area contributed by atoms with Crippen LogP contribution in [0.3, 0.4) is 0 Å². The Morgan fingerprint density at radius 3 is 2.69 bits per heavy atom. The van der Waals surface area contributed by atoms with Gasteiger partial charge < -0.3 is 9.47 Å². The molecule has 0 aliphatic heterocycles. The molecule has 0 aromatic carbocycles. The molecule has 1 aliphatic carbocycles. The minimum atomic E-state index is 0.0176. The van der Waals surface area contributed by atoms with Gasteiger partial charge in [0.2, 0.25) is 0 Å². The molecular weight excluding hydrogens is 164 g/mol. The summed E-state index contributed by atoms with van der Waals surface area (Å²) in [4.78, 5) is 0. The first-order chi connectivity index (χ1) is 6.36. The summed E-state index contributed by atoms with van der Waals surface area (Å²) in [7, 11) is 0. The van der Waals surface area contributed by atoms with Gasteiger partial charge >= 0.3 is 0 Å². The van der Waals surface area contributed by atoms with Crippen molar-refractivity contribution >= 4 is 0 Å². The van der Waals surface area contributed by atoms with E-state index in [2.05, 4.69) is 6.92 Å². The normalized spacial score (nSPS) is 18.9. The third kappa shape index (κ3) is 5.27. The molecular formula is C11H21O2. The highest BCUT2D eigenvalue weighted by Crippen LogP contribution is 2.26. The van der Waals surface area contributed by atoms with E-state index in [0.717, 1.165) is 6.42 Å². The summed E-state index contributed by atoms with van der Waals surface area (Å²) in [6, 6.07) is 0. The molecule has 0 amide bonds. The summed E-state index contributed by atoms with van der Waals surface area (Å²) in [6.07, 6.45) is 7.73. The maximum Gasteiger partial charge on any atom is 0.158 e. The summed E-state index contributed by atoms with van der Waals surface area (Å²) >= 11 is 0. The van der Waals surface area contributed by atoms with Crippen molar-refractivity contribution in [2.24, 2.45) is 0 Å². The van der Waals surface area contributed by atoms with Crippen LogP contribution >= 0.6 is 0 Å². The number of hydrogen-bond acceptors (Lipinski definition) is 2. The van der Waals surface area contributed by atoms with Crippen LogP contribution in [0.2, 0.25) is 0 Å². The quantitative estimate of drug-likeness (QED) is 0.427. The van der Waals surface area contributed by atoms with Crippen LogP contribution in [0.5, 0.6) is 0 Å². The van der Waals surface area contributed by atoms with Gasteiger partial charge in [0.1, 0.15) is 0 Å². The van der Waals surface area contributed by atoms with Crippen molar-refractivity contribution in [3.63, 3.8) is 0 Å². The van der Waals surface area contributed by atoms with Crippen LogP contribution < -0.4 is 0 Å². The summed E-state index contributed by atoms with van der Waals surface area (Å²) in [5.41, 5.74) is 0. The molecule has 1 unspecified atom stereocenters. The number of hydrogen-bond donors (Lipinski definition) is 0. The smallest absolute Gasteiger partial charge is 0.158 e. The van der Waals surface area contributed by atoms with Crippen LogP contribution in [0.1, 0.15) is 52.4 Å². The minimum Gasteiger partial charge on any atom is -0.349 e. The highest BCUT2D eigenvalue weighted by atomic mass is 16.7. The van der Waals surface area contributed by atoms with Crippen molar-refractivity contribution < 1.29 is 9.47 Å². The van der Waals surface area contributed by atoms with Gasteiger partial charge in [0.25, 0.3) is 0 Å². The Morgan fingerprint density at radius 2 is 2.15 bits per heavy atom. The summed E-state index contributed by atoms with van der Waals surface area (Å²) in [5.74, 6) is 0. The Bertz CT molecular complexity index is 121. The lowest BCUT2D eigenvalue weighted by molar-refractivity contribution is -0.132. The summed E-state index contributed by atoms with van der Waals surface area (Å²) < 4.78 is 11.1. The van der Waals surface area contributed by atoms with E-state index in [0.29, 0.717) is 6.10 Å². The van der Waals surface area contributed by atoms with Crippen LogP contribution in [0, 0.1) is 6.61 Å². The molecule has 1 fully saturated rings. The molecule has 2 nitrogen and oxygen atoms in total. The summed E-state index contributed by atoms with van der Waals surface area (Å²) in [6.45, 7) is 5.85. The van der Waals surface area contributed by atoms with Crippen molar-refractivity contribution in [2.75, 3.05) is 0 Å². The maximum atomic E-state index is 5.69. The zero-order chi connectivity index (χ0) is 9.52. The molecule has 0 N–H and O–H groups in total. The molecule has 0 saturated heterocycles. The fourth-order valence-corrected chi connectivity index (χ4v) is 1.30. The first kappa shape index (κ1) is 11.0. The van der Waals surface area contributed by atoms with E-state index < -0.39 is 0 Å². The molecule has 0 bridgehead atoms. The Labute approximate surface area is 81.6 Å². The zero-order valence-corrected chi connectivity index (χ0v) is 8.79. The average Bonchev–Trinajstić information content (AvgIpc) is 2.89. The second-order valence-electron chi connectivity index (χ2n) is 3.63. The van der Waals surface area contributed by atoms with E-state index >= 15 is 0 Å². The minimum absolute atomic E-state index is 0.0176. The van der Waals surface area contributed by atoms with Gasteiger partial charge in [-0.25, -0.2) is 0 Å². The van der Waals surface area contributed by atoms with Crippen molar-refractivity contribution in [1.82, 2.24) is 0 Å². The van der Waals surface area contributed by atoms with E-state index in [1.54, 1.807) is 6.61 Å². The lowest BCUT2D eigenvalue weighted by atomic mass is 10.2. The SMILES string of the molecule is C[CH]OC(CCCCC)OC1CC1. The third-order valence-corrected chi connectivity index (χ3v) is 2.20. The van der Waals surface area contributed by atoms with Gasteiger partial charge in [-0.2, -0.15) is 0 Å². The van der Waals surface area contributed by atoms with E-state index in [4.69, 9.17) is 9.47 Å². The van der Waals surface area contributed by atoms with Gasteiger partial charge in [0.05, 0.1) is 12.7 Å². The van der Waals surface area contributed by atoms with Gasteiger partial charge in [0.15, 0.2) is 6.29 Å². The molecule has 1 aliphatic rings. The Hall–Kier alpha value is -0.0800. The highest BCUT2D eigenvalue weighted by molar-refractivity contribution is 4.74. The number of ether oxygens (including phenoxy) is 2. The van der Waals surface area contributed by atoms with Crippen molar-refractivity contribution in [2.45, 2.75) is 64.8 Å². The molecule has 1 radical (unpaired) electrons. The second kappa shape index (κ2) is 6.39. The predicted octanol–water partition coefficient (Wildman–Crippen LogP) is 3.27. The zero-order valence-electron chi connectivity index (χ0n) is 8.79. The van der Waals surface area contributed by atoms with Gasteiger partial charge in [-0.3, -0.25) is 0 Å². The first-order valence-corrected chi connectivity index (χ1v) is 5.45. The fraction of sp³-hybridized carbons (Fsp3) is 0.909. The van der Waals surface area contributed by atoms with E-state index in [1.807, 2.05) is 6.92 Å². The van der Waals surface area contributed by atoms with Gasteiger partial charge in [-0.05, 0) is 32.6 Å². The van der Waals surface area contributed by atoms with E-state index in [1.165, 1.54) is 32.1 Å². The lowest BCUT2D eigenvalue weighted by Crippen LogP contribution is -2.16. The van der Waals surface area contributed by atoms with Crippen molar-refractivity contribution in [3.05, 3.63) is 6.61 Å². The van der Waals surface area contributed by atoms with Crippen molar-refractivity contribution in [1.29, 1.82) is 0 Å². The Balaban J connectivity index is 2.04. The second-order valence-corrected chi connectivity index (χ2v) is 3.63. The monoisotopic (exact) mass is 185 g/mol. The summed E-state index contributed by atoms with van der Waals surface area (Å²) in [5, 5.41) is 0. The van der Waals surface area contributed by atoms with Crippen LogP contribution in [-0.2, 0) is 9.47 Å². The van der Waals surface area contributed by atoms with Crippen LogP contribution in [0.4, 0.5) is 0 Å². The predicted molar refractivity (Wildman–Crippen MR) is 53.1 cm³/mol. The molecule has 0 aromatic rings. The van der Waals surface area contributed by atoms with Crippen LogP contribution in [0.25, 0.3) is 0 Å². The number of rotatable bonds is 8. The topological polar surface area (TPSA) is 18.5 Å². The first-order valence-electron chi connectivity index (χ1n) is 5.45. The molecule has 1 saturated carbocycles. The standard InChI is InChI=1S/C11H21O2/c1-3-5-6-7-11(12-4-2)13-10-8-9-10/h4,10-11H,3,5-9H2,1-2H3. The van der Waals surface area contributed by atoms with Crippen molar-refractivity contribution in [3.8, 4) is 0 Å². The Kier molecular flexibility index (Phi) is 5.40. The lowest BCUT2D eigenvalue weighted by Gasteiger charge is -2.16. The highest BCUT2D eigenvalue weighted by Gasteiger charge is 2.26. The largest absolute Gasteiger partial charge is 0.349 e. The average molecular weight is 185 g/mol. The molecule has 0 spiro atoms. The Morgan fingerprint density at radius 1 is 1.38 bits per heavy atom. The molecule has 2 heteroatoms. The maximum absolute atomic E-state index is 5.69. The van der Waals surface area contributed by atoms with E-state index in [-0.39, 0.29) is 6.29 Å². The number of unbranched alkanes of at least 4 members (excludes halogenated alkanes) is 2. The fourth-order valence-electron chi connectivity index (χ4n) is 1.30. The third-order valence-electron chi connectivity index (χ3n) is 2.20. The van der Waals surface area contributed by atoms with E-state index in [9.17, 15) is 0 Å². The van der Waals surface area contributed by atoms with Crippen LogP contribution in [0.15, 0.2) is 0 Å². The molecule has 1 rings (SSSR count). The van der Waals surface area contributed by atoms with Crippen LogP contribution in [-0.4, -0.2) is 12.4 Å². The molecule has 0 heterocycles. The molecule has 1 atom stereocenters.